The van der Waals surface area contributed by atoms with Crippen LogP contribution in [0.25, 0.3) is 10.8 Å². The summed E-state index contributed by atoms with van der Waals surface area (Å²) in [5.74, 6) is -0.354. The van der Waals surface area contributed by atoms with Crippen LogP contribution in [0.4, 0.5) is 11.4 Å². The zero-order valence-corrected chi connectivity index (χ0v) is 17.0. The number of carbonyl (C=O) groups is 1. The molecule has 1 aromatic heterocycles. The van der Waals surface area contributed by atoms with Crippen molar-refractivity contribution in [2.24, 2.45) is 0 Å². The lowest BCUT2D eigenvalue weighted by atomic mass is 10.1. The molecular formula is C22H18N4O4S. The highest BCUT2D eigenvalue weighted by Crippen LogP contribution is 2.20. The van der Waals surface area contributed by atoms with Gasteiger partial charge in [-0.1, -0.05) is 42.5 Å². The highest BCUT2D eigenvalue weighted by Gasteiger charge is 2.14. The van der Waals surface area contributed by atoms with Crippen molar-refractivity contribution in [2.75, 3.05) is 10.0 Å². The molecule has 0 bridgehead atoms. The molecule has 3 N–H and O–H groups in total. The van der Waals surface area contributed by atoms with Crippen LogP contribution in [0.15, 0.2) is 88.6 Å². The summed E-state index contributed by atoms with van der Waals surface area (Å²) in [5.41, 5.74) is 0.855. The fraction of sp³-hybridized carbons (Fsp3) is 0.0455. The van der Waals surface area contributed by atoms with Crippen LogP contribution in [0.1, 0.15) is 5.69 Å². The molecule has 0 fully saturated rings. The predicted octanol–water partition coefficient (Wildman–Crippen LogP) is 2.91. The number of aromatic nitrogens is 2. The number of rotatable bonds is 6. The van der Waals surface area contributed by atoms with E-state index in [1.165, 1.54) is 18.2 Å². The van der Waals surface area contributed by atoms with E-state index in [4.69, 9.17) is 0 Å². The van der Waals surface area contributed by atoms with Gasteiger partial charge in [-0.15, -0.1) is 0 Å². The first-order valence-corrected chi connectivity index (χ1v) is 10.8. The SMILES string of the molecule is O=C(Cc1n[nH]c(=O)c2ccccc12)Nc1cccc(NS(=O)(=O)c2ccccc2)c1. The van der Waals surface area contributed by atoms with Crippen molar-refractivity contribution in [1.29, 1.82) is 0 Å². The quantitative estimate of drug-likeness (QED) is 0.431. The van der Waals surface area contributed by atoms with Crippen molar-refractivity contribution in [1.82, 2.24) is 10.2 Å². The average molecular weight is 434 g/mol. The molecule has 156 valence electrons. The lowest BCUT2D eigenvalue weighted by Crippen LogP contribution is -2.18. The van der Waals surface area contributed by atoms with Crippen LogP contribution in [0.3, 0.4) is 0 Å². The number of sulfonamides is 1. The molecule has 1 amide bonds. The molecule has 8 nitrogen and oxygen atoms in total. The molecule has 0 spiro atoms. The zero-order valence-electron chi connectivity index (χ0n) is 16.2. The third-order valence-corrected chi connectivity index (χ3v) is 5.95. The van der Waals surface area contributed by atoms with Gasteiger partial charge in [-0.3, -0.25) is 14.3 Å². The van der Waals surface area contributed by atoms with Crippen LogP contribution in [0.2, 0.25) is 0 Å². The third kappa shape index (κ3) is 4.62. The number of amides is 1. The second-order valence-corrected chi connectivity index (χ2v) is 8.45. The zero-order chi connectivity index (χ0) is 21.8. The largest absolute Gasteiger partial charge is 0.326 e. The van der Waals surface area contributed by atoms with Crippen LogP contribution in [-0.2, 0) is 21.2 Å². The Kier molecular flexibility index (Phi) is 5.50. The molecule has 9 heteroatoms. The second kappa shape index (κ2) is 8.41. The lowest BCUT2D eigenvalue weighted by Gasteiger charge is -2.11. The maximum atomic E-state index is 12.5. The Morgan fingerprint density at radius 3 is 2.32 bits per heavy atom. The van der Waals surface area contributed by atoms with Gasteiger partial charge in [-0.05, 0) is 36.4 Å². The summed E-state index contributed by atoms with van der Waals surface area (Å²) in [4.78, 5) is 24.6. The standard InChI is InChI=1S/C22H18N4O4S/c27-21(14-20-18-11-4-5-12-19(18)22(28)25-24-20)23-15-7-6-8-16(13-15)26-31(29,30)17-9-2-1-3-10-17/h1-13,26H,14H2,(H,23,27)(H,25,28). The number of carbonyl (C=O) groups excluding carboxylic acids is 1. The van der Waals surface area contributed by atoms with Crippen molar-refractivity contribution in [3.63, 3.8) is 0 Å². The number of aromatic amines is 1. The van der Waals surface area contributed by atoms with Crippen LogP contribution < -0.4 is 15.6 Å². The number of benzene rings is 3. The molecule has 31 heavy (non-hydrogen) atoms. The van der Waals surface area contributed by atoms with Gasteiger partial charge in [-0.25, -0.2) is 13.5 Å². The topological polar surface area (TPSA) is 121 Å². The molecule has 0 aliphatic rings. The summed E-state index contributed by atoms with van der Waals surface area (Å²) in [6.07, 6.45) is -0.0583. The van der Waals surface area contributed by atoms with Gasteiger partial charge in [0.15, 0.2) is 0 Å². The Labute approximate surface area is 178 Å². The van der Waals surface area contributed by atoms with Crippen LogP contribution in [0, 0.1) is 0 Å². The first-order chi connectivity index (χ1) is 14.9. The van der Waals surface area contributed by atoms with E-state index in [9.17, 15) is 18.0 Å². The molecule has 0 atom stereocenters. The Bertz CT molecular complexity index is 1420. The van der Waals surface area contributed by atoms with Gasteiger partial charge in [0.2, 0.25) is 5.91 Å². The predicted molar refractivity (Wildman–Crippen MR) is 118 cm³/mol. The number of fused-ring (bicyclic) bond motifs is 1. The number of hydrogen-bond donors (Lipinski definition) is 3. The van der Waals surface area contributed by atoms with E-state index in [2.05, 4.69) is 20.2 Å². The van der Waals surface area contributed by atoms with E-state index >= 15 is 0 Å². The third-order valence-electron chi connectivity index (χ3n) is 4.56. The minimum absolute atomic E-state index is 0.0583. The van der Waals surface area contributed by atoms with Gasteiger partial charge in [0.1, 0.15) is 0 Å². The van der Waals surface area contributed by atoms with E-state index in [1.807, 2.05) is 0 Å². The number of H-pyrrole nitrogens is 1. The molecule has 0 radical (unpaired) electrons. The second-order valence-electron chi connectivity index (χ2n) is 6.77. The fourth-order valence-corrected chi connectivity index (χ4v) is 4.21. The van der Waals surface area contributed by atoms with Gasteiger partial charge >= 0.3 is 0 Å². The Hall–Kier alpha value is -3.98. The van der Waals surface area contributed by atoms with Crippen molar-refractivity contribution >= 4 is 38.1 Å². The van der Waals surface area contributed by atoms with Crippen molar-refractivity contribution in [2.45, 2.75) is 11.3 Å². The summed E-state index contributed by atoms with van der Waals surface area (Å²) in [6, 6.07) is 21.3. The van der Waals surface area contributed by atoms with Crippen LogP contribution in [0.5, 0.6) is 0 Å². The molecule has 1 heterocycles. The number of anilines is 2. The molecule has 3 aromatic carbocycles. The minimum atomic E-state index is -3.74. The fourth-order valence-electron chi connectivity index (χ4n) is 3.14. The maximum Gasteiger partial charge on any atom is 0.272 e. The smallest absolute Gasteiger partial charge is 0.272 e. The number of nitrogens with zero attached hydrogens (tertiary/aromatic N) is 1. The van der Waals surface area contributed by atoms with Gasteiger partial charge in [0.25, 0.3) is 15.6 Å². The molecule has 0 saturated heterocycles. The summed E-state index contributed by atoms with van der Waals surface area (Å²) in [7, 11) is -3.74. The van der Waals surface area contributed by atoms with Gasteiger partial charge < -0.3 is 5.32 Å². The Morgan fingerprint density at radius 2 is 1.55 bits per heavy atom. The van der Waals surface area contributed by atoms with E-state index in [0.29, 0.717) is 27.8 Å². The Balaban J connectivity index is 1.50. The summed E-state index contributed by atoms with van der Waals surface area (Å²) in [5, 5.41) is 10.2. The molecule has 0 aliphatic heterocycles. The van der Waals surface area contributed by atoms with Crippen LogP contribution in [-0.4, -0.2) is 24.5 Å². The minimum Gasteiger partial charge on any atom is -0.326 e. The van der Waals surface area contributed by atoms with Crippen molar-refractivity contribution in [3.8, 4) is 0 Å². The van der Waals surface area contributed by atoms with E-state index in [0.717, 1.165) is 0 Å². The van der Waals surface area contributed by atoms with E-state index in [-0.39, 0.29) is 22.8 Å². The highest BCUT2D eigenvalue weighted by atomic mass is 32.2. The molecular weight excluding hydrogens is 416 g/mol. The molecule has 4 rings (SSSR count). The molecule has 0 unspecified atom stereocenters. The monoisotopic (exact) mass is 434 g/mol. The van der Waals surface area contributed by atoms with E-state index in [1.54, 1.807) is 60.7 Å². The van der Waals surface area contributed by atoms with Gasteiger partial charge in [0.05, 0.1) is 28.1 Å². The number of hydrogen-bond acceptors (Lipinski definition) is 5. The van der Waals surface area contributed by atoms with Gasteiger partial charge in [0, 0.05) is 11.1 Å². The maximum absolute atomic E-state index is 12.5. The first-order valence-electron chi connectivity index (χ1n) is 9.36. The van der Waals surface area contributed by atoms with Gasteiger partial charge in [-0.2, -0.15) is 5.10 Å². The first kappa shape index (κ1) is 20.3. The van der Waals surface area contributed by atoms with E-state index < -0.39 is 10.0 Å². The molecule has 4 aromatic rings. The van der Waals surface area contributed by atoms with Crippen molar-refractivity contribution < 1.29 is 13.2 Å². The normalized spacial score (nSPS) is 11.2. The van der Waals surface area contributed by atoms with Crippen molar-refractivity contribution in [3.05, 3.63) is 94.9 Å². The summed E-state index contributed by atoms with van der Waals surface area (Å²) >= 11 is 0. The number of nitrogens with one attached hydrogen (secondary N) is 3. The molecule has 0 aliphatic carbocycles. The highest BCUT2D eigenvalue weighted by molar-refractivity contribution is 7.92. The van der Waals surface area contributed by atoms with Crippen LogP contribution >= 0.6 is 0 Å². The summed E-state index contributed by atoms with van der Waals surface area (Å²) in [6.45, 7) is 0. The summed E-state index contributed by atoms with van der Waals surface area (Å²) < 4.78 is 27.5. The Morgan fingerprint density at radius 1 is 0.871 bits per heavy atom. The molecule has 0 saturated carbocycles. The average Bonchev–Trinajstić information content (AvgIpc) is 2.76. The lowest BCUT2D eigenvalue weighted by molar-refractivity contribution is -0.115.